The first-order valence-electron chi connectivity index (χ1n) is 6.31. The van der Waals surface area contributed by atoms with E-state index in [0.29, 0.717) is 22.8 Å². The molecule has 0 atom stereocenters. The molecule has 96 valence electrons. The van der Waals surface area contributed by atoms with E-state index in [4.69, 9.17) is 16.3 Å². The summed E-state index contributed by atoms with van der Waals surface area (Å²) in [5, 5.41) is 0.473. The second-order valence-electron chi connectivity index (χ2n) is 4.55. The lowest BCUT2D eigenvalue weighted by atomic mass is 9.97. The van der Waals surface area contributed by atoms with E-state index in [1.807, 2.05) is 24.3 Å². The van der Waals surface area contributed by atoms with Crippen LogP contribution in [0.15, 0.2) is 42.5 Å². The average molecular weight is 273 g/mol. The molecule has 0 radical (unpaired) electrons. The number of benzene rings is 2. The van der Waals surface area contributed by atoms with Gasteiger partial charge in [-0.3, -0.25) is 4.79 Å². The smallest absolute Gasteiger partial charge is 0.198 e. The van der Waals surface area contributed by atoms with Gasteiger partial charge >= 0.3 is 0 Å². The number of hydrogen-bond acceptors (Lipinski definition) is 2. The summed E-state index contributed by atoms with van der Waals surface area (Å²) in [6.45, 7) is 0.666. The molecule has 3 heteroatoms. The monoisotopic (exact) mass is 272 g/mol. The van der Waals surface area contributed by atoms with E-state index in [0.717, 1.165) is 24.2 Å². The van der Waals surface area contributed by atoms with Crippen LogP contribution < -0.4 is 4.74 Å². The molecule has 0 saturated heterocycles. The number of halogens is 1. The zero-order valence-electron chi connectivity index (χ0n) is 10.4. The van der Waals surface area contributed by atoms with Crippen molar-refractivity contribution in [1.82, 2.24) is 0 Å². The highest BCUT2D eigenvalue weighted by Crippen LogP contribution is 2.31. The zero-order chi connectivity index (χ0) is 13.2. The van der Waals surface area contributed by atoms with Gasteiger partial charge < -0.3 is 4.74 Å². The van der Waals surface area contributed by atoms with Gasteiger partial charge in [0.1, 0.15) is 5.75 Å². The van der Waals surface area contributed by atoms with E-state index in [-0.39, 0.29) is 5.78 Å². The molecule has 0 aromatic heterocycles. The Balaban J connectivity index is 2.08. The van der Waals surface area contributed by atoms with E-state index in [1.165, 1.54) is 0 Å². The maximum absolute atomic E-state index is 12.6. The van der Waals surface area contributed by atoms with Gasteiger partial charge in [0.05, 0.1) is 17.2 Å². The number of ketones is 1. The third kappa shape index (κ3) is 2.24. The predicted molar refractivity (Wildman–Crippen MR) is 75.1 cm³/mol. The van der Waals surface area contributed by atoms with Crippen LogP contribution in [0.5, 0.6) is 5.75 Å². The molecule has 1 aliphatic heterocycles. The summed E-state index contributed by atoms with van der Waals surface area (Å²) in [7, 11) is 0. The van der Waals surface area contributed by atoms with Gasteiger partial charge in [-0.05, 0) is 36.6 Å². The summed E-state index contributed by atoms with van der Waals surface area (Å²) in [6.07, 6.45) is 1.95. The fourth-order valence-corrected chi connectivity index (χ4v) is 2.58. The molecule has 2 aromatic carbocycles. The summed E-state index contributed by atoms with van der Waals surface area (Å²) in [6, 6.07) is 12.8. The van der Waals surface area contributed by atoms with Crippen LogP contribution in [0, 0.1) is 0 Å². The van der Waals surface area contributed by atoms with Gasteiger partial charge in [-0.15, -0.1) is 0 Å². The molecule has 0 bridgehead atoms. The first-order chi connectivity index (χ1) is 9.27. The Hall–Kier alpha value is -1.80. The third-order valence-corrected chi connectivity index (χ3v) is 3.63. The number of para-hydroxylation sites is 1. The first-order valence-corrected chi connectivity index (χ1v) is 6.69. The van der Waals surface area contributed by atoms with Gasteiger partial charge in [0, 0.05) is 5.56 Å². The van der Waals surface area contributed by atoms with Gasteiger partial charge in [-0.1, -0.05) is 35.9 Å². The Morgan fingerprint density at radius 2 is 1.84 bits per heavy atom. The molecule has 1 aliphatic rings. The Kier molecular flexibility index (Phi) is 3.26. The van der Waals surface area contributed by atoms with Crippen molar-refractivity contribution in [2.75, 3.05) is 6.61 Å². The van der Waals surface area contributed by atoms with Crippen LogP contribution in [0.3, 0.4) is 0 Å². The number of ether oxygens (including phenoxy) is 1. The fourth-order valence-electron chi connectivity index (χ4n) is 2.36. The molecule has 0 N–H and O–H groups in total. The highest BCUT2D eigenvalue weighted by molar-refractivity contribution is 6.35. The lowest BCUT2D eigenvalue weighted by Gasteiger charge is -2.19. The molecular formula is C16H13ClO2. The molecule has 0 aliphatic carbocycles. The number of carbonyl (C=O) groups excluding carboxylic acids is 1. The van der Waals surface area contributed by atoms with Crippen molar-refractivity contribution in [2.24, 2.45) is 0 Å². The molecule has 0 unspecified atom stereocenters. The van der Waals surface area contributed by atoms with Crippen molar-refractivity contribution in [3.8, 4) is 5.75 Å². The van der Waals surface area contributed by atoms with Crippen molar-refractivity contribution in [3.05, 3.63) is 64.2 Å². The summed E-state index contributed by atoms with van der Waals surface area (Å²) < 4.78 is 5.67. The van der Waals surface area contributed by atoms with Crippen LogP contribution in [-0.2, 0) is 6.42 Å². The van der Waals surface area contributed by atoms with Gasteiger partial charge in [-0.2, -0.15) is 0 Å². The summed E-state index contributed by atoms with van der Waals surface area (Å²) >= 11 is 6.09. The van der Waals surface area contributed by atoms with Crippen molar-refractivity contribution >= 4 is 17.4 Å². The topological polar surface area (TPSA) is 26.3 Å². The normalized spacial score (nSPS) is 13.5. The molecule has 0 amide bonds. The lowest BCUT2D eigenvalue weighted by Crippen LogP contribution is -2.13. The van der Waals surface area contributed by atoms with Gasteiger partial charge in [-0.25, -0.2) is 0 Å². The fraction of sp³-hybridized carbons (Fsp3) is 0.188. The molecular weight excluding hydrogens is 260 g/mol. The molecule has 2 nitrogen and oxygen atoms in total. The SMILES string of the molecule is O=C(c1ccccc1Cl)c1cccc2c1OCCC2. The Bertz CT molecular complexity index is 634. The second kappa shape index (κ2) is 5.06. The van der Waals surface area contributed by atoms with E-state index < -0.39 is 0 Å². The molecule has 19 heavy (non-hydrogen) atoms. The third-order valence-electron chi connectivity index (χ3n) is 3.30. The van der Waals surface area contributed by atoms with E-state index in [2.05, 4.69) is 0 Å². The number of hydrogen-bond donors (Lipinski definition) is 0. The summed E-state index contributed by atoms with van der Waals surface area (Å²) in [5.41, 5.74) is 2.22. The van der Waals surface area contributed by atoms with Crippen molar-refractivity contribution in [1.29, 1.82) is 0 Å². The van der Waals surface area contributed by atoms with Crippen LogP contribution in [0.2, 0.25) is 5.02 Å². The molecule has 1 heterocycles. The highest BCUT2D eigenvalue weighted by Gasteiger charge is 2.21. The highest BCUT2D eigenvalue weighted by atomic mass is 35.5. The minimum Gasteiger partial charge on any atom is -0.493 e. The molecule has 0 fully saturated rings. The number of carbonyl (C=O) groups is 1. The first kappa shape index (κ1) is 12.2. The van der Waals surface area contributed by atoms with Gasteiger partial charge in [0.2, 0.25) is 0 Å². The Morgan fingerprint density at radius 3 is 2.68 bits per heavy atom. The van der Waals surface area contributed by atoms with Crippen LogP contribution >= 0.6 is 11.6 Å². The van der Waals surface area contributed by atoms with Crippen LogP contribution in [0.25, 0.3) is 0 Å². The maximum Gasteiger partial charge on any atom is 0.198 e. The maximum atomic E-state index is 12.6. The van der Waals surface area contributed by atoms with Crippen molar-refractivity contribution in [2.45, 2.75) is 12.8 Å². The van der Waals surface area contributed by atoms with Gasteiger partial charge in [0.15, 0.2) is 5.78 Å². The minimum absolute atomic E-state index is 0.0793. The molecule has 0 spiro atoms. The minimum atomic E-state index is -0.0793. The Labute approximate surface area is 117 Å². The quantitative estimate of drug-likeness (QED) is 0.775. The predicted octanol–water partition coefficient (Wildman–Crippen LogP) is 3.90. The standard InChI is InChI=1S/C16H13ClO2/c17-14-9-2-1-7-12(14)15(18)13-8-3-5-11-6-4-10-19-16(11)13/h1-3,5,7-9H,4,6,10H2. The summed E-state index contributed by atoms with van der Waals surface area (Å²) in [5.74, 6) is 0.642. The van der Waals surface area contributed by atoms with E-state index in [9.17, 15) is 4.79 Å². The van der Waals surface area contributed by atoms with Gasteiger partial charge in [0.25, 0.3) is 0 Å². The molecule has 3 rings (SSSR count). The van der Waals surface area contributed by atoms with Crippen molar-refractivity contribution in [3.63, 3.8) is 0 Å². The second-order valence-corrected chi connectivity index (χ2v) is 4.96. The van der Waals surface area contributed by atoms with Crippen LogP contribution in [0.4, 0.5) is 0 Å². The number of aryl methyl sites for hydroxylation is 1. The number of rotatable bonds is 2. The van der Waals surface area contributed by atoms with Crippen molar-refractivity contribution < 1.29 is 9.53 Å². The lowest BCUT2D eigenvalue weighted by molar-refractivity contribution is 0.103. The van der Waals surface area contributed by atoms with Crippen LogP contribution in [-0.4, -0.2) is 12.4 Å². The van der Waals surface area contributed by atoms with Crippen LogP contribution in [0.1, 0.15) is 27.9 Å². The largest absolute Gasteiger partial charge is 0.493 e. The van der Waals surface area contributed by atoms with E-state index in [1.54, 1.807) is 18.2 Å². The Morgan fingerprint density at radius 1 is 1.05 bits per heavy atom. The average Bonchev–Trinajstić information content (AvgIpc) is 2.46. The number of fused-ring (bicyclic) bond motifs is 1. The zero-order valence-corrected chi connectivity index (χ0v) is 11.1. The van der Waals surface area contributed by atoms with E-state index >= 15 is 0 Å². The summed E-state index contributed by atoms with van der Waals surface area (Å²) in [4.78, 5) is 12.6. The molecule has 0 saturated carbocycles. The molecule has 2 aromatic rings.